The number of methoxy groups -OCH3 is 2. The minimum absolute atomic E-state index is 0.120. The van der Waals surface area contributed by atoms with Gasteiger partial charge in [-0.2, -0.15) is 0 Å². The summed E-state index contributed by atoms with van der Waals surface area (Å²) < 4.78 is 39.4. The Morgan fingerprint density at radius 1 is 0.943 bits per heavy atom. The molecule has 1 fully saturated rings. The normalized spacial score (nSPS) is 17.4. The lowest BCUT2D eigenvalue weighted by molar-refractivity contribution is 0.0733. The van der Waals surface area contributed by atoms with Gasteiger partial charge in [0.05, 0.1) is 30.8 Å². The summed E-state index contributed by atoms with van der Waals surface area (Å²) >= 11 is 0. The molecule has 1 amide bonds. The molecule has 0 unspecified atom stereocenters. The number of hydrogen-bond donors (Lipinski definition) is 0. The first kappa shape index (κ1) is 23.2. The van der Waals surface area contributed by atoms with Crippen LogP contribution in [0.15, 0.2) is 71.6 Å². The van der Waals surface area contributed by atoms with E-state index in [-0.39, 0.29) is 16.8 Å². The van der Waals surface area contributed by atoms with Crippen molar-refractivity contribution in [1.82, 2.24) is 4.90 Å². The van der Waals surface area contributed by atoms with Gasteiger partial charge in [-0.1, -0.05) is 24.3 Å². The number of rotatable bonds is 6. The molecule has 0 spiro atoms. The third-order valence-corrected chi connectivity index (χ3v) is 8.63. The van der Waals surface area contributed by atoms with E-state index >= 15 is 0 Å². The van der Waals surface area contributed by atoms with Crippen LogP contribution in [0.3, 0.4) is 0 Å². The summed E-state index contributed by atoms with van der Waals surface area (Å²) in [6.07, 6.45) is 2.31. The first-order valence-corrected chi connectivity index (χ1v) is 13.1. The van der Waals surface area contributed by atoms with Crippen LogP contribution >= 0.6 is 0 Å². The fourth-order valence-electron chi connectivity index (χ4n) is 5.07. The van der Waals surface area contributed by atoms with E-state index in [1.165, 1.54) is 10.4 Å². The Morgan fingerprint density at radius 3 is 2.57 bits per heavy atom. The molecule has 2 aliphatic heterocycles. The second kappa shape index (κ2) is 9.26. The molecule has 182 valence electrons. The van der Waals surface area contributed by atoms with Gasteiger partial charge in [0.25, 0.3) is 15.9 Å². The van der Waals surface area contributed by atoms with Gasteiger partial charge in [-0.3, -0.25) is 9.10 Å². The van der Waals surface area contributed by atoms with Gasteiger partial charge >= 0.3 is 0 Å². The fourth-order valence-corrected chi connectivity index (χ4v) is 6.62. The molecule has 3 aromatic carbocycles. The number of hydrogen-bond acceptors (Lipinski definition) is 5. The van der Waals surface area contributed by atoms with E-state index < -0.39 is 10.0 Å². The summed E-state index contributed by atoms with van der Waals surface area (Å²) in [7, 11) is -0.578. The van der Waals surface area contributed by atoms with Crippen LogP contribution < -0.4 is 13.8 Å². The molecule has 3 aromatic rings. The maximum atomic E-state index is 13.6. The van der Waals surface area contributed by atoms with Gasteiger partial charge < -0.3 is 14.4 Å². The molecule has 8 heteroatoms. The highest BCUT2D eigenvalue weighted by Gasteiger charge is 2.34. The molecule has 0 radical (unpaired) electrons. The third-order valence-electron chi connectivity index (χ3n) is 6.82. The van der Waals surface area contributed by atoms with Gasteiger partial charge in [-0.15, -0.1) is 0 Å². The molecule has 0 saturated carbocycles. The Labute approximate surface area is 205 Å². The maximum absolute atomic E-state index is 13.6. The number of benzene rings is 3. The Kier molecular flexibility index (Phi) is 6.15. The van der Waals surface area contributed by atoms with E-state index in [9.17, 15) is 13.2 Å². The number of nitrogens with zero attached hydrogens (tertiary/aromatic N) is 2. The van der Waals surface area contributed by atoms with Crippen molar-refractivity contribution in [3.05, 3.63) is 83.4 Å². The average Bonchev–Trinajstić information content (AvgIpc) is 3.56. The van der Waals surface area contributed by atoms with E-state index in [0.29, 0.717) is 42.3 Å². The van der Waals surface area contributed by atoms with Crippen LogP contribution in [0.2, 0.25) is 0 Å². The average molecular weight is 493 g/mol. The van der Waals surface area contributed by atoms with Crippen molar-refractivity contribution in [2.24, 2.45) is 0 Å². The Hall–Kier alpha value is -3.52. The summed E-state index contributed by atoms with van der Waals surface area (Å²) in [6.45, 7) is 0.976. The Morgan fingerprint density at radius 2 is 1.77 bits per heavy atom. The zero-order chi connectivity index (χ0) is 24.6. The van der Waals surface area contributed by atoms with Gasteiger partial charge in [0.2, 0.25) is 0 Å². The van der Waals surface area contributed by atoms with E-state index in [1.807, 2.05) is 42.5 Å². The lowest BCUT2D eigenvalue weighted by Crippen LogP contribution is -2.32. The van der Waals surface area contributed by atoms with E-state index in [2.05, 4.69) is 0 Å². The minimum Gasteiger partial charge on any atom is -0.497 e. The number of sulfonamides is 1. The number of carbonyl (C=O) groups is 1. The highest BCUT2D eigenvalue weighted by atomic mass is 32.2. The number of fused-ring (bicyclic) bond motifs is 1. The summed E-state index contributed by atoms with van der Waals surface area (Å²) in [5.74, 6) is 1.19. The predicted octanol–water partition coefficient (Wildman–Crippen LogP) is 4.43. The van der Waals surface area contributed by atoms with E-state index in [4.69, 9.17) is 9.47 Å². The highest BCUT2D eigenvalue weighted by Crippen LogP contribution is 2.40. The second-order valence-electron chi connectivity index (χ2n) is 8.75. The number of para-hydroxylation sites is 1. The summed E-state index contributed by atoms with van der Waals surface area (Å²) in [5.41, 5.74) is 2.95. The molecule has 2 heterocycles. The van der Waals surface area contributed by atoms with Crippen molar-refractivity contribution in [2.45, 2.75) is 30.2 Å². The summed E-state index contributed by atoms with van der Waals surface area (Å²) in [5, 5.41) is 0. The quantitative estimate of drug-likeness (QED) is 0.509. The van der Waals surface area contributed by atoms with Gasteiger partial charge in [-0.25, -0.2) is 8.42 Å². The lowest BCUT2D eigenvalue weighted by atomic mass is 10.0. The van der Waals surface area contributed by atoms with Crippen molar-refractivity contribution < 1.29 is 22.7 Å². The van der Waals surface area contributed by atoms with Crippen LogP contribution in [0.5, 0.6) is 11.5 Å². The highest BCUT2D eigenvalue weighted by molar-refractivity contribution is 7.92. The molecule has 7 nitrogen and oxygen atoms in total. The topological polar surface area (TPSA) is 76.1 Å². The summed E-state index contributed by atoms with van der Waals surface area (Å²) in [6, 6.07) is 19.3. The fraction of sp³-hybridized carbons (Fsp3) is 0.296. The Balaban J connectivity index is 1.46. The smallest absolute Gasteiger partial charge is 0.264 e. The van der Waals surface area contributed by atoms with Crippen LogP contribution in [0, 0.1) is 0 Å². The standard InChI is InChI=1S/C27H28N2O5S/c1-33-21-12-13-26(34-2)23(18-21)25-11-6-15-28(25)27(30)20-8-5-9-22(17-20)35(31,32)29-16-14-19-7-3-4-10-24(19)29/h3-5,7-10,12-13,17-18,25H,6,11,14-16H2,1-2H3/t25-/m0/s1. The number of anilines is 1. The first-order chi connectivity index (χ1) is 16.9. The predicted molar refractivity (Wildman–Crippen MR) is 134 cm³/mol. The van der Waals surface area contributed by atoms with E-state index in [0.717, 1.165) is 24.0 Å². The second-order valence-corrected chi connectivity index (χ2v) is 10.6. The molecule has 0 N–H and O–H groups in total. The largest absolute Gasteiger partial charge is 0.497 e. The SMILES string of the molecule is COc1ccc(OC)c([C@@H]2CCCN2C(=O)c2cccc(S(=O)(=O)N3CCc4ccccc43)c2)c1. The van der Waals surface area contributed by atoms with Gasteiger partial charge in [0, 0.05) is 24.2 Å². The number of carbonyl (C=O) groups excluding carboxylic acids is 1. The van der Waals surface area contributed by atoms with Crippen LogP contribution in [-0.2, 0) is 16.4 Å². The van der Waals surface area contributed by atoms with Crippen molar-refractivity contribution in [3.63, 3.8) is 0 Å². The first-order valence-electron chi connectivity index (χ1n) is 11.7. The lowest BCUT2D eigenvalue weighted by Gasteiger charge is -2.27. The van der Waals surface area contributed by atoms with Gasteiger partial charge in [0.15, 0.2) is 0 Å². The monoisotopic (exact) mass is 492 g/mol. The molecule has 1 saturated heterocycles. The summed E-state index contributed by atoms with van der Waals surface area (Å²) in [4.78, 5) is 15.5. The molecule has 0 bridgehead atoms. The molecular weight excluding hydrogens is 464 g/mol. The number of likely N-dealkylation sites (tertiary alicyclic amines) is 1. The molecule has 1 atom stereocenters. The molecule has 35 heavy (non-hydrogen) atoms. The maximum Gasteiger partial charge on any atom is 0.264 e. The van der Waals surface area contributed by atoms with Gasteiger partial charge in [0.1, 0.15) is 11.5 Å². The van der Waals surface area contributed by atoms with Crippen molar-refractivity contribution in [1.29, 1.82) is 0 Å². The molecule has 0 aliphatic carbocycles. The van der Waals surface area contributed by atoms with Crippen LogP contribution in [-0.4, -0.2) is 46.5 Å². The number of ether oxygens (including phenoxy) is 2. The molecule has 2 aliphatic rings. The van der Waals surface area contributed by atoms with Gasteiger partial charge in [-0.05, 0) is 67.3 Å². The van der Waals surface area contributed by atoms with Crippen LogP contribution in [0.4, 0.5) is 5.69 Å². The zero-order valence-electron chi connectivity index (χ0n) is 19.8. The molecule has 0 aromatic heterocycles. The zero-order valence-corrected chi connectivity index (χ0v) is 20.6. The van der Waals surface area contributed by atoms with Crippen molar-refractivity contribution in [2.75, 3.05) is 31.6 Å². The van der Waals surface area contributed by atoms with Crippen LogP contribution in [0.25, 0.3) is 0 Å². The molecular formula is C27H28N2O5S. The number of amides is 1. The van der Waals surface area contributed by atoms with Crippen molar-refractivity contribution in [3.8, 4) is 11.5 Å². The third kappa shape index (κ3) is 4.12. The molecule has 5 rings (SSSR count). The minimum atomic E-state index is -3.79. The Bertz CT molecular complexity index is 1370. The van der Waals surface area contributed by atoms with Crippen molar-refractivity contribution >= 4 is 21.6 Å². The van der Waals surface area contributed by atoms with E-state index in [1.54, 1.807) is 37.3 Å². The van der Waals surface area contributed by atoms with Crippen LogP contribution in [0.1, 0.15) is 40.4 Å².